The van der Waals surface area contributed by atoms with Gasteiger partial charge in [0.15, 0.2) is 22.9 Å². The SMILES string of the molecule is COc1cccc2c1O[B@@-]13Oc4c(OC)cccc4-c4ccc(n41)C(c1c(C)cc(C)cc1C)=C1C=CC2=[N+]13. The Kier molecular flexibility index (Phi) is 4.28. The predicted octanol–water partition coefficient (Wildman–Crippen LogP) is 6.01. The third-order valence-electron chi connectivity index (χ3n) is 8.42. The molecule has 6 nitrogen and oxygen atoms in total. The van der Waals surface area contributed by atoms with Gasteiger partial charge in [-0.1, -0.05) is 29.8 Å². The number of rotatable bonds is 3. The van der Waals surface area contributed by atoms with Gasteiger partial charge in [0.1, 0.15) is 11.5 Å². The molecule has 5 heterocycles. The fraction of sp³-hybridized carbons (Fsp3) is 0.156. The van der Waals surface area contributed by atoms with Crippen LogP contribution < -0.4 is 18.8 Å². The number of fused-ring (bicyclic) bond motifs is 4. The topological polar surface area (TPSA) is 44.9 Å². The van der Waals surface area contributed by atoms with E-state index in [9.17, 15) is 0 Å². The molecule has 4 aliphatic heterocycles. The Balaban J connectivity index is 1.54. The molecule has 7 heteroatoms. The van der Waals surface area contributed by atoms with Gasteiger partial charge < -0.3 is 27.7 Å². The zero-order chi connectivity index (χ0) is 26.6. The third-order valence-corrected chi connectivity index (χ3v) is 8.42. The van der Waals surface area contributed by atoms with Crippen LogP contribution in [0.2, 0.25) is 0 Å². The van der Waals surface area contributed by atoms with Crippen LogP contribution in [0.5, 0.6) is 23.0 Å². The molecule has 0 saturated carbocycles. The lowest BCUT2D eigenvalue weighted by atomic mass is 9.75. The van der Waals surface area contributed by atoms with Gasteiger partial charge in [-0.05, 0) is 73.9 Å². The van der Waals surface area contributed by atoms with E-state index in [4.69, 9.17) is 18.8 Å². The smallest absolute Gasteiger partial charge is 0.598 e. The van der Waals surface area contributed by atoms with Gasteiger partial charge >= 0.3 is 6.82 Å². The highest BCUT2D eigenvalue weighted by atomic mass is 16.7. The maximum Gasteiger partial charge on any atom is 0.780 e. The molecule has 0 aliphatic carbocycles. The van der Waals surface area contributed by atoms with E-state index in [1.165, 1.54) is 27.8 Å². The highest BCUT2D eigenvalue weighted by Crippen LogP contribution is 2.53. The zero-order valence-corrected chi connectivity index (χ0v) is 22.5. The van der Waals surface area contributed by atoms with Crippen molar-refractivity contribution in [1.82, 2.24) is 4.48 Å². The Morgan fingerprint density at radius 3 is 2.03 bits per heavy atom. The number of allylic oxidation sites excluding steroid dienone is 2. The van der Waals surface area contributed by atoms with Crippen molar-refractivity contribution >= 4 is 18.1 Å². The van der Waals surface area contributed by atoms with Crippen LogP contribution in [-0.2, 0) is 0 Å². The van der Waals surface area contributed by atoms with Crippen LogP contribution in [0.25, 0.3) is 16.8 Å². The highest BCUT2D eigenvalue weighted by Gasteiger charge is 2.64. The number of benzene rings is 3. The van der Waals surface area contributed by atoms with E-state index in [1.54, 1.807) is 14.2 Å². The summed E-state index contributed by atoms with van der Waals surface area (Å²) in [5, 5.41) is 0. The van der Waals surface area contributed by atoms with Crippen molar-refractivity contribution in [3.63, 3.8) is 0 Å². The fourth-order valence-corrected chi connectivity index (χ4v) is 7.06. The minimum absolute atomic E-state index is 0.669. The minimum Gasteiger partial charge on any atom is -0.598 e. The molecule has 0 fully saturated rings. The number of aromatic nitrogens is 1. The number of methoxy groups -OCH3 is 2. The largest absolute Gasteiger partial charge is 0.780 e. The van der Waals surface area contributed by atoms with Crippen LogP contribution in [-0.4, -0.2) is 35.7 Å². The second-order valence-electron chi connectivity index (χ2n) is 10.6. The normalized spacial score (nSPS) is 19.1. The van der Waals surface area contributed by atoms with Crippen LogP contribution in [0.3, 0.4) is 0 Å². The summed E-state index contributed by atoms with van der Waals surface area (Å²) in [6.07, 6.45) is 4.37. The molecular weight excluding hydrogens is 487 g/mol. The van der Waals surface area contributed by atoms with Gasteiger partial charge in [-0.3, -0.25) is 0 Å². The molecule has 4 aliphatic rings. The van der Waals surface area contributed by atoms with Crippen molar-refractivity contribution in [2.24, 2.45) is 0 Å². The van der Waals surface area contributed by atoms with Gasteiger partial charge in [0.25, 0.3) is 0 Å². The molecule has 4 aromatic rings. The molecule has 0 amide bonds. The lowest BCUT2D eigenvalue weighted by molar-refractivity contribution is -0.372. The fourth-order valence-electron chi connectivity index (χ4n) is 7.06. The summed E-state index contributed by atoms with van der Waals surface area (Å²) >= 11 is 0. The number of aryl methyl sites for hydroxylation is 3. The molecule has 0 bridgehead atoms. The summed E-state index contributed by atoms with van der Waals surface area (Å²) < 4.78 is 30.2. The van der Waals surface area contributed by atoms with E-state index in [1.807, 2.05) is 24.3 Å². The Hall–Kier alpha value is -4.65. The van der Waals surface area contributed by atoms with Gasteiger partial charge in [0, 0.05) is 29.1 Å². The second kappa shape index (κ2) is 7.47. The molecule has 1 aromatic heterocycles. The van der Waals surface area contributed by atoms with E-state index >= 15 is 0 Å². The summed E-state index contributed by atoms with van der Waals surface area (Å²) in [7, 11) is 3.34. The van der Waals surface area contributed by atoms with Crippen LogP contribution in [0, 0.1) is 20.8 Å². The van der Waals surface area contributed by atoms with Crippen molar-refractivity contribution in [1.29, 1.82) is 0 Å². The van der Waals surface area contributed by atoms with Crippen LogP contribution in [0.15, 0.2) is 78.5 Å². The lowest BCUT2D eigenvalue weighted by Gasteiger charge is -2.48. The van der Waals surface area contributed by atoms with Crippen LogP contribution in [0.4, 0.5) is 0 Å². The Labute approximate surface area is 227 Å². The van der Waals surface area contributed by atoms with E-state index in [0.717, 1.165) is 33.9 Å². The van der Waals surface area contributed by atoms with Crippen molar-refractivity contribution in [2.75, 3.05) is 14.2 Å². The van der Waals surface area contributed by atoms with Crippen LogP contribution in [0.1, 0.15) is 33.5 Å². The number of para-hydroxylation sites is 2. The predicted molar refractivity (Wildman–Crippen MR) is 152 cm³/mol. The first-order valence-electron chi connectivity index (χ1n) is 13.2. The van der Waals surface area contributed by atoms with Crippen molar-refractivity contribution in [3.8, 4) is 34.3 Å². The first kappa shape index (κ1) is 22.3. The molecule has 0 saturated heterocycles. The first-order valence-corrected chi connectivity index (χ1v) is 13.2. The van der Waals surface area contributed by atoms with Gasteiger partial charge in [0.05, 0.1) is 25.4 Å². The van der Waals surface area contributed by atoms with E-state index in [-0.39, 0.29) is 0 Å². The average molecular weight is 514 g/mol. The van der Waals surface area contributed by atoms with Gasteiger partial charge in [0.2, 0.25) is 0 Å². The Bertz CT molecular complexity index is 1860. The molecule has 0 radical (unpaired) electrons. The number of hydrogen-bond donors (Lipinski definition) is 0. The molecule has 0 unspecified atom stereocenters. The molecule has 0 N–H and O–H groups in total. The Morgan fingerprint density at radius 2 is 1.36 bits per heavy atom. The molecule has 3 aromatic carbocycles. The van der Waals surface area contributed by atoms with Gasteiger partial charge in [-0.2, -0.15) is 0 Å². The summed E-state index contributed by atoms with van der Waals surface area (Å²) in [5.41, 5.74) is 12.2. The minimum atomic E-state index is -2.29. The van der Waals surface area contributed by atoms with Crippen molar-refractivity contribution < 1.29 is 23.3 Å². The van der Waals surface area contributed by atoms with Crippen molar-refractivity contribution in [2.45, 2.75) is 20.8 Å². The summed E-state index contributed by atoms with van der Waals surface area (Å²) in [6, 6.07) is 20.9. The number of ether oxygens (including phenoxy) is 2. The Morgan fingerprint density at radius 1 is 0.744 bits per heavy atom. The monoisotopic (exact) mass is 514 g/mol. The van der Waals surface area contributed by atoms with Crippen molar-refractivity contribution in [3.05, 3.63) is 112 Å². The maximum atomic E-state index is 7.07. The van der Waals surface area contributed by atoms with Gasteiger partial charge in [-0.25, -0.2) is 0 Å². The van der Waals surface area contributed by atoms with E-state index < -0.39 is 6.82 Å². The average Bonchev–Trinajstić information content (AvgIpc) is 3.57. The molecule has 1 atom stereocenters. The molecule has 8 rings (SSSR count). The molecule has 39 heavy (non-hydrogen) atoms. The quantitative estimate of drug-likeness (QED) is 0.314. The molecule has 1 spiro atoms. The van der Waals surface area contributed by atoms with E-state index in [2.05, 4.69) is 78.3 Å². The maximum absolute atomic E-state index is 7.07. The summed E-state index contributed by atoms with van der Waals surface area (Å²) in [5.74, 6) is 2.68. The van der Waals surface area contributed by atoms with Crippen LogP contribution >= 0.6 is 0 Å². The first-order chi connectivity index (χ1) is 19.0. The van der Waals surface area contributed by atoms with Gasteiger partial charge in [-0.15, -0.1) is 0 Å². The highest BCUT2D eigenvalue weighted by molar-refractivity contribution is 6.63. The third kappa shape index (κ3) is 2.64. The lowest BCUT2D eigenvalue weighted by Crippen LogP contribution is -2.69. The number of hydrogen-bond acceptors (Lipinski definition) is 4. The molecule has 192 valence electrons. The molecular formula is C32H27BN2O4. The second-order valence-corrected chi connectivity index (χ2v) is 10.6. The van der Waals surface area contributed by atoms with E-state index in [0.29, 0.717) is 23.0 Å². The standard InChI is InChI=1S/C32H27BN2O4/c1-18-16-19(2)29(20(3)17-18)30-25-14-12-23-21-8-6-10-27(36-4)31(21)38-33(34(23)25)35-24(13-15-26(30)35)22-9-7-11-28(37-5)32(22)39-33/h6-17H,1-5H3/t33-/m0/s1. The summed E-state index contributed by atoms with van der Waals surface area (Å²) in [4.78, 5) is 0. The zero-order valence-electron chi connectivity index (χ0n) is 22.5. The number of nitrogens with zero attached hydrogens (tertiary/aromatic N) is 2. The summed E-state index contributed by atoms with van der Waals surface area (Å²) in [6.45, 7) is 4.25.